The highest BCUT2D eigenvalue weighted by Crippen LogP contribution is 2.54. The molecule has 0 radical (unpaired) electrons. The number of benzene rings is 4. The molecule has 0 N–H and O–H groups in total. The summed E-state index contributed by atoms with van der Waals surface area (Å²) in [6.45, 7) is 9.43. The number of nitrogens with zero attached hydrogens (tertiary/aromatic N) is 1. The zero-order valence-electron chi connectivity index (χ0n) is 19.6. The molecule has 1 heteroatoms. The molecule has 0 saturated heterocycles. The lowest BCUT2D eigenvalue weighted by Gasteiger charge is -2.21. The molecule has 1 nitrogen and oxygen atoms in total. The van der Waals surface area contributed by atoms with Gasteiger partial charge < -0.3 is 4.57 Å². The third kappa shape index (κ3) is 2.23. The van der Waals surface area contributed by atoms with Crippen molar-refractivity contribution >= 4 is 10.9 Å². The SMILES string of the molecule is CC1(C)c2ccccc2-c2cc(-n3c4c(c5ccccc53)C(C)(C)c3ccccc3-4)ccc21. The van der Waals surface area contributed by atoms with Crippen LogP contribution in [0.2, 0.25) is 0 Å². The fraction of sp³-hybridized carbons (Fsp3) is 0.188. The summed E-state index contributed by atoms with van der Waals surface area (Å²) in [6.07, 6.45) is 0. The molecule has 33 heavy (non-hydrogen) atoms. The first-order chi connectivity index (χ1) is 15.9. The average Bonchev–Trinajstić information content (AvgIpc) is 3.38. The molecule has 0 bridgehead atoms. The van der Waals surface area contributed by atoms with Crippen molar-refractivity contribution in [3.05, 3.63) is 113 Å². The van der Waals surface area contributed by atoms with Gasteiger partial charge in [0.2, 0.25) is 0 Å². The Morgan fingerprint density at radius 2 is 1.15 bits per heavy atom. The van der Waals surface area contributed by atoms with Crippen molar-refractivity contribution in [3.63, 3.8) is 0 Å². The minimum atomic E-state index is -0.0257. The predicted molar refractivity (Wildman–Crippen MR) is 138 cm³/mol. The van der Waals surface area contributed by atoms with E-state index in [1.165, 1.54) is 61.2 Å². The number of aromatic nitrogens is 1. The van der Waals surface area contributed by atoms with E-state index in [-0.39, 0.29) is 10.8 Å². The summed E-state index contributed by atoms with van der Waals surface area (Å²) in [5, 5.41) is 1.36. The highest BCUT2D eigenvalue weighted by molar-refractivity contribution is 5.99. The zero-order chi connectivity index (χ0) is 22.5. The van der Waals surface area contributed by atoms with Gasteiger partial charge in [-0.05, 0) is 51.6 Å². The van der Waals surface area contributed by atoms with E-state index in [9.17, 15) is 0 Å². The predicted octanol–water partition coefficient (Wildman–Crippen LogP) is 8.24. The van der Waals surface area contributed by atoms with E-state index in [0.29, 0.717) is 0 Å². The molecule has 1 aromatic heterocycles. The summed E-state index contributed by atoms with van der Waals surface area (Å²) in [4.78, 5) is 0. The van der Waals surface area contributed by atoms with Gasteiger partial charge in [0.05, 0.1) is 11.2 Å². The molecule has 1 heterocycles. The van der Waals surface area contributed by atoms with Gasteiger partial charge in [0.1, 0.15) is 0 Å². The summed E-state index contributed by atoms with van der Waals surface area (Å²) < 4.78 is 2.51. The second-order valence-corrected chi connectivity index (χ2v) is 10.6. The first-order valence-corrected chi connectivity index (χ1v) is 11.9. The Labute approximate surface area is 195 Å². The van der Waals surface area contributed by atoms with Crippen LogP contribution in [0.25, 0.3) is 39.0 Å². The van der Waals surface area contributed by atoms with E-state index in [1.54, 1.807) is 0 Å². The topological polar surface area (TPSA) is 4.93 Å². The first kappa shape index (κ1) is 18.9. The molecule has 0 amide bonds. The maximum Gasteiger partial charge on any atom is 0.0584 e. The summed E-state index contributed by atoms with van der Waals surface area (Å²) in [6, 6.07) is 33.9. The molecule has 160 valence electrons. The normalized spacial score (nSPS) is 16.4. The summed E-state index contributed by atoms with van der Waals surface area (Å²) in [5.74, 6) is 0. The number of hydrogen-bond donors (Lipinski definition) is 0. The molecule has 0 aliphatic heterocycles. The van der Waals surface area contributed by atoms with Crippen LogP contribution in [-0.4, -0.2) is 4.57 Å². The number of hydrogen-bond acceptors (Lipinski definition) is 0. The molecule has 0 spiro atoms. The van der Waals surface area contributed by atoms with Crippen molar-refractivity contribution in [3.8, 4) is 28.1 Å². The molecular weight excluding hydrogens is 398 g/mol. The lowest BCUT2D eigenvalue weighted by Crippen LogP contribution is -2.14. The Morgan fingerprint density at radius 3 is 1.94 bits per heavy atom. The zero-order valence-corrected chi connectivity index (χ0v) is 19.6. The number of rotatable bonds is 1. The fourth-order valence-electron chi connectivity index (χ4n) is 6.61. The molecule has 7 rings (SSSR count). The van der Waals surface area contributed by atoms with Crippen LogP contribution < -0.4 is 0 Å². The number of fused-ring (bicyclic) bond motifs is 8. The van der Waals surface area contributed by atoms with Crippen molar-refractivity contribution in [1.82, 2.24) is 4.57 Å². The van der Waals surface area contributed by atoms with Gasteiger partial charge in [-0.15, -0.1) is 0 Å². The van der Waals surface area contributed by atoms with Crippen LogP contribution in [0.4, 0.5) is 0 Å². The lowest BCUT2D eigenvalue weighted by atomic mass is 9.81. The molecule has 5 aromatic rings. The molecule has 2 aliphatic carbocycles. The third-order valence-electron chi connectivity index (χ3n) is 8.18. The van der Waals surface area contributed by atoms with Crippen molar-refractivity contribution in [1.29, 1.82) is 0 Å². The van der Waals surface area contributed by atoms with Crippen LogP contribution in [0.1, 0.15) is 49.9 Å². The van der Waals surface area contributed by atoms with Gasteiger partial charge in [0, 0.05) is 27.5 Å². The van der Waals surface area contributed by atoms with E-state index in [2.05, 4.69) is 123 Å². The molecule has 0 fully saturated rings. The quantitative estimate of drug-likeness (QED) is 0.255. The smallest absolute Gasteiger partial charge is 0.0584 e. The Bertz CT molecular complexity index is 1610. The third-order valence-corrected chi connectivity index (χ3v) is 8.18. The van der Waals surface area contributed by atoms with E-state index >= 15 is 0 Å². The molecule has 2 aliphatic rings. The minimum Gasteiger partial charge on any atom is -0.309 e. The van der Waals surface area contributed by atoms with Crippen LogP contribution in [0, 0.1) is 0 Å². The van der Waals surface area contributed by atoms with Gasteiger partial charge in [-0.2, -0.15) is 0 Å². The summed E-state index contributed by atoms with van der Waals surface area (Å²) in [5.41, 5.74) is 13.7. The highest BCUT2D eigenvalue weighted by Gasteiger charge is 2.41. The maximum atomic E-state index is 2.51. The van der Waals surface area contributed by atoms with Crippen LogP contribution in [-0.2, 0) is 10.8 Å². The average molecular weight is 426 g/mol. The minimum absolute atomic E-state index is 0.0257. The van der Waals surface area contributed by atoms with Gasteiger partial charge in [0.15, 0.2) is 0 Å². The molecule has 4 aromatic carbocycles. The number of para-hydroxylation sites is 1. The fourth-order valence-corrected chi connectivity index (χ4v) is 6.61. The Morgan fingerprint density at radius 1 is 0.545 bits per heavy atom. The van der Waals surface area contributed by atoms with Crippen molar-refractivity contribution in [2.45, 2.75) is 38.5 Å². The van der Waals surface area contributed by atoms with Crippen LogP contribution in [0.3, 0.4) is 0 Å². The van der Waals surface area contributed by atoms with Crippen molar-refractivity contribution in [2.24, 2.45) is 0 Å². The Kier molecular flexibility index (Phi) is 3.47. The molecular formula is C32H27N. The van der Waals surface area contributed by atoms with E-state index in [4.69, 9.17) is 0 Å². The standard InChI is InChI=1S/C32H27N/c1-31(2)25-14-8-5-11-21(25)24-19-20(17-18-27(24)31)33-28-16-10-7-13-23(28)29-30(33)22-12-6-9-15-26(22)32(29,3)4/h5-19H,1-4H3. The van der Waals surface area contributed by atoms with Crippen molar-refractivity contribution in [2.75, 3.05) is 0 Å². The highest BCUT2D eigenvalue weighted by atomic mass is 15.0. The summed E-state index contributed by atoms with van der Waals surface area (Å²) in [7, 11) is 0. The van der Waals surface area contributed by atoms with Crippen LogP contribution in [0.5, 0.6) is 0 Å². The Hall–Kier alpha value is -3.58. The molecule has 0 atom stereocenters. The van der Waals surface area contributed by atoms with Crippen LogP contribution >= 0.6 is 0 Å². The van der Waals surface area contributed by atoms with Gasteiger partial charge in [-0.1, -0.05) is 100 Å². The lowest BCUT2D eigenvalue weighted by molar-refractivity contribution is 0.660. The van der Waals surface area contributed by atoms with E-state index in [0.717, 1.165) is 0 Å². The van der Waals surface area contributed by atoms with Gasteiger partial charge in [-0.25, -0.2) is 0 Å². The largest absolute Gasteiger partial charge is 0.309 e. The molecule has 0 saturated carbocycles. The van der Waals surface area contributed by atoms with Crippen LogP contribution in [0.15, 0.2) is 91.0 Å². The van der Waals surface area contributed by atoms with Crippen molar-refractivity contribution < 1.29 is 0 Å². The molecule has 0 unspecified atom stereocenters. The van der Waals surface area contributed by atoms with E-state index < -0.39 is 0 Å². The van der Waals surface area contributed by atoms with Gasteiger partial charge in [0.25, 0.3) is 0 Å². The van der Waals surface area contributed by atoms with E-state index in [1.807, 2.05) is 0 Å². The van der Waals surface area contributed by atoms with Gasteiger partial charge in [-0.3, -0.25) is 0 Å². The second-order valence-electron chi connectivity index (χ2n) is 10.6. The Balaban J connectivity index is 1.58. The monoisotopic (exact) mass is 425 g/mol. The maximum absolute atomic E-state index is 2.51. The second kappa shape index (κ2) is 6.05. The summed E-state index contributed by atoms with van der Waals surface area (Å²) >= 11 is 0. The first-order valence-electron chi connectivity index (χ1n) is 11.9. The van der Waals surface area contributed by atoms with Gasteiger partial charge >= 0.3 is 0 Å².